The molecule has 2 aromatic rings. The summed E-state index contributed by atoms with van der Waals surface area (Å²) in [4.78, 5) is 0. The Morgan fingerprint density at radius 3 is 2.74 bits per heavy atom. The topological polar surface area (TPSA) is 56.7 Å². The highest BCUT2D eigenvalue weighted by molar-refractivity contribution is 7.98. The van der Waals surface area contributed by atoms with E-state index in [1.165, 1.54) is 11.1 Å². The predicted molar refractivity (Wildman–Crippen MR) is 78.9 cm³/mol. The summed E-state index contributed by atoms with van der Waals surface area (Å²) in [7, 11) is 0. The number of thioether (sulfide) groups is 1. The van der Waals surface area contributed by atoms with Gasteiger partial charge in [0.05, 0.1) is 6.54 Å². The number of nitrogens with two attached hydrogens (primary N) is 1. The third kappa shape index (κ3) is 3.36. The van der Waals surface area contributed by atoms with Gasteiger partial charge in [0.2, 0.25) is 0 Å². The van der Waals surface area contributed by atoms with Crippen molar-refractivity contribution in [2.45, 2.75) is 44.3 Å². The van der Waals surface area contributed by atoms with Crippen LogP contribution in [0.15, 0.2) is 29.4 Å². The van der Waals surface area contributed by atoms with Crippen molar-refractivity contribution in [3.05, 3.63) is 41.2 Å². The van der Waals surface area contributed by atoms with Gasteiger partial charge < -0.3 is 10.3 Å². The molecule has 0 spiro atoms. The highest BCUT2D eigenvalue weighted by Gasteiger charge is 2.11. The van der Waals surface area contributed by atoms with Crippen LogP contribution in [0.3, 0.4) is 0 Å². The van der Waals surface area contributed by atoms with Crippen molar-refractivity contribution in [3.63, 3.8) is 0 Å². The lowest BCUT2D eigenvalue weighted by Crippen LogP contribution is -2.09. The van der Waals surface area contributed by atoms with Gasteiger partial charge in [-0.1, -0.05) is 43.0 Å². The first-order valence-corrected chi connectivity index (χ1v) is 7.54. The number of rotatable bonds is 6. The zero-order valence-electron chi connectivity index (χ0n) is 11.5. The molecule has 2 N–H and O–H groups in total. The molecule has 0 amide bonds. The average Bonchev–Trinajstić information content (AvgIpc) is 2.81. The summed E-state index contributed by atoms with van der Waals surface area (Å²) >= 11 is 1.72. The largest absolute Gasteiger partial charge is 0.324 e. The summed E-state index contributed by atoms with van der Waals surface area (Å²) in [6, 6.07) is 8.44. The fourth-order valence-electron chi connectivity index (χ4n) is 1.94. The normalized spacial score (nSPS) is 10.9. The Morgan fingerprint density at radius 2 is 2.05 bits per heavy atom. The van der Waals surface area contributed by atoms with Gasteiger partial charge in [-0.3, -0.25) is 0 Å². The predicted octanol–water partition coefficient (Wildman–Crippen LogP) is 2.75. The summed E-state index contributed by atoms with van der Waals surface area (Å²) < 4.78 is 2.13. The monoisotopic (exact) mass is 276 g/mol. The molecule has 102 valence electrons. The van der Waals surface area contributed by atoms with Crippen LogP contribution in [0.2, 0.25) is 0 Å². The number of hydrogen-bond acceptors (Lipinski definition) is 4. The number of hydrogen-bond donors (Lipinski definition) is 1. The molecular formula is C14H20N4S. The van der Waals surface area contributed by atoms with E-state index in [1.807, 2.05) is 0 Å². The van der Waals surface area contributed by atoms with Crippen LogP contribution in [-0.2, 0) is 18.8 Å². The molecule has 19 heavy (non-hydrogen) atoms. The molecule has 0 radical (unpaired) electrons. The van der Waals surface area contributed by atoms with Gasteiger partial charge in [-0.05, 0) is 24.5 Å². The van der Waals surface area contributed by atoms with Crippen LogP contribution in [0.25, 0.3) is 0 Å². The van der Waals surface area contributed by atoms with E-state index in [-0.39, 0.29) is 0 Å². The van der Waals surface area contributed by atoms with E-state index >= 15 is 0 Å². The first kappa shape index (κ1) is 14.1. The van der Waals surface area contributed by atoms with Crippen molar-refractivity contribution in [3.8, 4) is 0 Å². The molecular weight excluding hydrogens is 256 g/mol. The van der Waals surface area contributed by atoms with E-state index in [4.69, 9.17) is 5.73 Å². The second-order valence-electron chi connectivity index (χ2n) is 4.47. The van der Waals surface area contributed by atoms with Gasteiger partial charge in [0.25, 0.3) is 0 Å². The van der Waals surface area contributed by atoms with Gasteiger partial charge in [0.15, 0.2) is 5.16 Å². The summed E-state index contributed by atoms with van der Waals surface area (Å²) in [6.45, 7) is 5.65. The van der Waals surface area contributed by atoms with E-state index in [1.54, 1.807) is 11.8 Å². The summed E-state index contributed by atoms with van der Waals surface area (Å²) in [5.74, 6) is 1.79. The molecule has 0 aliphatic rings. The van der Waals surface area contributed by atoms with Crippen LogP contribution in [0.1, 0.15) is 30.3 Å². The molecule has 1 aromatic carbocycles. The number of nitrogens with zero attached hydrogens (tertiary/aromatic N) is 3. The molecule has 0 bridgehead atoms. The Kier molecular flexibility index (Phi) is 4.99. The second kappa shape index (κ2) is 6.73. The minimum absolute atomic E-state index is 0.442. The molecule has 0 atom stereocenters. The van der Waals surface area contributed by atoms with Crippen LogP contribution in [0, 0.1) is 6.92 Å². The Morgan fingerprint density at radius 1 is 1.26 bits per heavy atom. The minimum atomic E-state index is 0.442. The molecule has 0 fully saturated rings. The maximum Gasteiger partial charge on any atom is 0.191 e. The first-order chi connectivity index (χ1) is 9.26. The highest BCUT2D eigenvalue weighted by atomic mass is 32.2. The second-order valence-corrected chi connectivity index (χ2v) is 5.41. The van der Waals surface area contributed by atoms with E-state index in [0.29, 0.717) is 6.54 Å². The Labute approximate surface area is 118 Å². The summed E-state index contributed by atoms with van der Waals surface area (Å²) in [5.41, 5.74) is 8.35. The SMILES string of the molecule is CCCn1c(CN)nnc1SCc1ccccc1C. The Bertz CT molecular complexity index is 536. The average molecular weight is 276 g/mol. The van der Waals surface area contributed by atoms with Crippen molar-refractivity contribution >= 4 is 11.8 Å². The van der Waals surface area contributed by atoms with E-state index in [9.17, 15) is 0 Å². The van der Waals surface area contributed by atoms with Crippen molar-refractivity contribution in [1.82, 2.24) is 14.8 Å². The molecule has 0 saturated heterocycles. The molecule has 2 rings (SSSR count). The number of benzene rings is 1. The fraction of sp³-hybridized carbons (Fsp3) is 0.429. The van der Waals surface area contributed by atoms with Gasteiger partial charge in [-0.15, -0.1) is 10.2 Å². The van der Waals surface area contributed by atoms with Gasteiger partial charge in [0, 0.05) is 12.3 Å². The molecule has 4 nitrogen and oxygen atoms in total. The lowest BCUT2D eigenvalue weighted by molar-refractivity contribution is 0.592. The molecule has 1 aromatic heterocycles. The van der Waals surface area contributed by atoms with Gasteiger partial charge in [0.1, 0.15) is 5.82 Å². The maximum atomic E-state index is 5.69. The van der Waals surface area contributed by atoms with Crippen molar-refractivity contribution in [2.75, 3.05) is 0 Å². The zero-order valence-corrected chi connectivity index (χ0v) is 12.3. The third-order valence-electron chi connectivity index (χ3n) is 3.04. The number of aromatic nitrogens is 3. The first-order valence-electron chi connectivity index (χ1n) is 6.55. The summed E-state index contributed by atoms with van der Waals surface area (Å²) in [5, 5.41) is 9.36. The molecule has 5 heteroatoms. The highest BCUT2D eigenvalue weighted by Crippen LogP contribution is 2.23. The lowest BCUT2D eigenvalue weighted by atomic mass is 10.1. The maximum absolute atomic E-state index is 5.69. The molecule has 1 heterocycles. The smallest absolute Gasteiger partial charge is 0.191 e. The Balaban J connectivity index is 2.11. The molecule has 0 unspecified atom stereocenters. The lowest BCUT2D eigenvalue weighted by Gasteiger charge is -2.08. The van der Waals surface area contributed by atoms with Crippen LogP contribution in [0.5, 0.6) is 0 Å². The molecule has 0 aliphatic heterocycles. The van der Waals surface area contributed by atoms with Crippen LogP contribution in [0.4, 0.5) is 0 Å². The fourth-order valence-corrected chi connectivity index (χ4v) is 3.00. The van der Waals surface area contributed by atoms with Gasteiger partial charge in [-0.2, -0.15) is 0 Å². The minimum Gasteiger partial charge on any atom is -0.324 e. The van der Waals surface area contributed by atoms with Crippen molar-refractivity contribution < 1.29 is 0 Å². The van der Waals surface area contributed by atoms with E-state index < -0.39 is 0 Å². The van der Waals surface area contributed by atoms with E-state index in [2.05, 4.69) is 52.9 Å². The van der Waals surface area contributed by atoms with Crippen molar-refractivity contribution in [1.29, 1.82) is 0 Å². The standard InChI is InChI=1S/C14H20N4S/c1-3-8-18-13(9-15)16-17-14(18)19-10-12-7-5-4-6-11(12)2/h4-7H,3,8-10,15H2,1-2H3. The zero-order chi connectivity index (χ0) is 13.7. The van der Waals surface area contributed by atoms with Crippen LogP contribution < -0.4 is 5.73 Å². The molecule has 0 aliphatic carbocycles. The molecule has 0 saturated carbocycles. The van der Waals surface area contributed by atoms with Crippen LogP contribution in [-0.4, -0.2) is 14.8 Å². The van der Waals surface area contributed by atoms with Crippen molar-refractivity contribution in [2.24, 2.45) is 5.73 Å². The Hall–Kier alpha value is -1.33. The van der Waals surface area contributed by atoms with E-state index in [0.717, 1.165) is 29.7 Å². The van der Waals surface area contributed by atoms with Gasteiger partial charge in [-0.25, -0.2) is 0 Å². The number of aryl methyl sites for hydroxylation is 1. The summed E-state index contributed by atoms with van der Waals surface area (Å²) in [6.07, 6.45) is 1.06. The third-order valence-corrected chi connectivity index (χ3v) is 4.06. The van der Waals surface area contributed by atoms with Gasteiger partial charge >= 0.3 is 0 Å². The quantitative estimate of drug-likeness (QED) is 0.824. The van der Waals surface area contributed by atoms with Crippen LogP contribution >= 0.6 is 11.8 Å².